The number of hydrogen-bond acceptors (Lipinski definition) is 1. The first-order valence-corrected chi connectivity index (χ1v) is 7.76. The predicted molar refractivity (Wildman–Crippen MR) is 88.0 cm³/mol. The van der Waals surface area contributed by atoms with Gasteiger partial charge in [0.05, 0.1) is 27.1 Å². The van der Waals surface area contributed by atoms with Gasteiger partial charge in [0.25, 0.3) is 0 Å². The molecule has 1 aromatic heterocycles. The molecular formula is C15H11BrCl2N2. The molecule has 20 heavy (non-hydrogen) atoms. The van der Waals surface area contributed by atoms with Gasteiger partial charge in [-0.3, -0.25) is 4.57 Å². The Hall–Kier alpha value is -1.03. The number of para-hydroxylation sites is 2. The molecule has 3 aromatic rings. The predicted octanol–water partition coefficient (Wildman–Crippen LogP) is 5.74. The van der Waals surface area contributed by atoms with Crippen LogP contribution >= 0.6 is 39.1 Å². The lowest BCUT2D eigenvalue weighted by atomic mass is 10.2. The Balaban J connectivity index is 2.44. The fraction of sp³-hybridized carbons (Fsp3) is 0.133. The first-order chi connectivity index (χ1) is 9.59. The second kappa shape index (κ2) is 5.40. The van der Waals surface area contributed by atoms with Crippen LogP contribution in [0.2, 0.25) is 5.02 Å². The Kier molecular flexibility index (Phi) is 3.76. The third-order valence-electron chi connectivity index (χ3n) is 3.10. The molecule has 0 amide bonds. The summed E-state index contributed by atoms with van der Waals surface area (Å²) in [7, 11) is 0. The number of benzene rings is 2. The molecule has 0 aliphatic carbocycles. The summed E-state index contributed by atoms with van der Waals surface area (Å²) in [6.45, 7) is 1.91. The molecule has 2 aromatic carbocycles. The highest BCUT2D eigenvalue weighted by Crippen LogP contribution is 2.34. The molecule has 3 rings (SSSR count). The van der Waals surface area contributed by atoms with Gasteiger partial charge in [-0.1, -0.05) is 29.8 Å². The molecule has 0 saturated heterocycles. The quantitative estimate of drug-likeness (QED) is 0.526. The van der Waals surface area contributed by atoms with Gasteiger partial charge in [0, 0.05) is 4.47 Å². The van der Waals surface area contributed by atoms with Crippen LogP contribution in [0, 0.1) is 0 Å². The van der Waals surface area contributed by atoms with Crippen LogP contribution in [0.4, 0.5) is 0 Å². The van der Waals surface area contributed by atoms with Gasteiger partial charge < -0.3 is 0 Å². The minimum Gasteiger partial charge on any atom is -0.292 e. The summed E-state index contributed by atoms with van der Waals surface area (Å²) in [5.41, 5.74) is 2.70. The summed E-state index contributed by atoms with van der Waals surface area (Å²) in [5, 5.41) is 0.444. The van der Waals surface area contributed by atoms with Gasteiger partial charge in [-0.05, 0) is 47.1 Å². The van der Waals surface area contributed by atoms with Gasteiger partial charge in [-0.25, -0.2) is 4.98 Å². The maximum Gasteiger partial charge on any atom is 0.132 e. The van der Waals surface area contributed by atoms with E-state index in [4.69, 9.17) is 23.2 Å². The van der Waals surface area contributed by atoms with Crippen molar-refractivity contribution in [3.8, 4) is 5.69 Å². The van der Waals surface area contributed by atoms with E-state index in [1.54, 1.807) is 0 Å². The third kappa shape index (κ3) is 2.24. The van der Waals surface area contributed by atoms with Crippen molar-refractivity contribution in [1.82, 2.24) is 9.55 Å². The van der Waals surface area contributed by atoms with Crippen LogP contribution in [0.25, 0.3) is 16.7 Å². The molecule has 1 heterocycles. The number of nitrogens with zero attached hydrogens (tertiary/aromatic N) is 2. The zero-order chi connectivity index (χ0) is 14.3. The number of halogens is 3. The average Bonchev–Trinajstić information content (AvgIpc) is 2.80. The molecule has 0 fully saturated rings. The Morgan fingerprint density at radius 1 is 1.15 bits per heavy atom. The van der Waals surface area contributed by atoms with Crippen LogP contribution < -0.4 is 0 Å². The Morgan fingerprint density at radius 2 is 1.90 bits per heavy atom. The van der Waals surface area contributed by atoms with E-state index in [9.17, 15) is 0 Å². The first kappa shape index (κ1) is 13.9. The second-order valence-corrected chi connectivity index (χ2v) is 6.40. The molecule has 0 saturated carbocycles. The van der Waals surface area contributed by atoms with Crippen molar-refractivity contribution >= 4 is 50.2 Å². The maximum absolute atomic E-state index is 6.36. The summed E-state index contributed by atoms with van der Waals surface area (Å²) in [6, 6.07) is 13.6. The normalized spacial score (nSPS) is 12.8. The van der Waals surface area contributed by atoms with Gasteiger partial charge in [-0.2, -0.15) is 0 Å². The van der Waals surface area contributed by atoms with Crippen molar-refractivity contribution in [3.63, 3.8) is 0 Å². The van der Waals surface area contributed by atoms with E-state index in [1.807, 2.05) is 54.0 Å². The highest BCUT2D eigenvalue weighted by Gasteiger charge is 2.19. The summed E-state index contributed by atoms with van der Waals surface area (Å²) >= 11 is 16.2. The van der Waals surface area contributed by atoms with Crippen LogP contribution in [0.1, 0.15) is 18.1 Å². The highest BCUT2D eigenvalue weighted by molar-refractivity contribution is 9.10. The number of alkyl halides is 1. The fourth-order valence-corrected chi connectivity index (χ4v) is 3.11. The lowest BCUT2D eigenvalue weighted by Gasteiger charge is -2.12. The van der Waals surface area contributed by atoms with E-state index in [2.05, 4.69) is 20.9 Å². The molecule has 102 valence electrons. The summed E-state index contributed by atoms with van der Waals surface area (Å²) in [6.07, 6.45) is 0. The molecule has 0 aliphatic heterocycles. The van der Waals surface area contributed by atoms with E-state index in [-0.39, 0.29) is 5.38 Å². The molecule has 0 radical (unpaired) electrons. The van der Waals surface area contributed by atoms with Gasteiger partial charge in [-0.15, -0.1) is 11.6 Å². The van der Waals surface area contributed by atoms with Crippen LogP contribution in [0.5, 0.6) is 0 Å². The minimum absolute atomic E-state index is 0.217. The van der Waals surface area contributed by atoms with Crippen LogP contribution in [0.3, 0.4) is 0 Å². The molecular weight excluding hydrogens is 359 g/mol. The summed E-state index contributed by atoms with van der Waals surface area (Å²) in [4.78, 5) is 4.62. The summed E-state index contributed by atoms with van der Waals surface area (Å²) in [5.74, 6) is 0.779. The zero-order valence-electron chi connectivity index (χ0n) is 10.6. The molecule has 1 atom stereocenters. The third-order valence-corrected chi connectivity index (χ3v) is 4.27. The minimum atomic E-state index is -0.217. The lowest BCUT2D eigenvalue weighted by Crippen LogP contribution is -2.02. The second-order valence-electron chi connectivity index (χ2n) is 4.48. The molecule has 0 N–H and O–H groups in total. The van der Waals surface area contributed by atoms with E-state index in [1.165, 1.54) is 0 Å². The van der Waals surface area contributed by atoms with Crippen LogP contribution in [0.15, 0.2) is 46.9 Å². The number of fused-ring (bicyclic) bond motifs is 1. The SMILES string of the molecule is CC(Cl)c1nc2cccc(Cl)c2n1-c1ccccc1Br. The first-order valence-electron chi connectivity index (χ1n) is 6.15. The molecule has 0 bridgehead atoms. The Bertz CT molecular complexity index is 781. The topological polar surface area (TPSA) is 17.8 Å². The van der Waals surface area contributed by atoms with Crippen molar-refractivity contribution in [2.24, 2.45) is 0 Å². The van der Waals surface area contributed by atoms with Gasteiger partial charge in [0.15, 0.2) is 0 Å². The zero-order valence-corrected chi connectivity index (χ0v) is 13.7. The number of aromatic nitrogens is 2. The number of imidazole rings is 1. The number of rotatable bonds is 2. The smallest absolute Gasteiger partial charge is 0.132 e. The molecule has 2 nitrogen and oxygen atoms in total. The largest absolute Gasteiger partial charge is 0.292 e. The van der Waals surface area contributed by atoms with Crippen molar-refractivity contribution in [2.45, 2.75) is 12.3 Å². The van der Waals surface area contributed by atoms with Crippen molar-refractivity contribution in [2.75, 3.05) is 0 Å². The van der Waals surface area contributed by atoms with Gasteiger partial charge in [0.2, 0.25) is 0 Å². The van der Waals surface area contributed by atoms with Crippen LogP contribution in [-0.4, -0.2) is 9.55 Å². The van der Waals surface area contributed by atoms with Crippen molar-refractivity contribution < 1.29 is 0 Å². The standard InChI is InChI=1S/C15H11BrCl2N2/c1-9(17)15-19-12-7-4-6-11(18)14(12)20(15)13-8-3-2-5-10(13)16/h2-9H,1H3. The fourth-order valence-electron chi connectivity index (χ4n) is 2.25. The van der Waals surface area contributed by atoms with Crippen molar-refractivity contribution in [3.05, 3.63) is 57.8 Å². The number of hydrogen-bond donors (Lipinski definition) is 0. The van der Waals surface area contributed by atoms with Gasteiger partial charge >= 0.3 is 0 Å². The summed E-state index contributed by atoms with van der Waals surface area (Å²) < 4.78 is 2.98. The van der Waals surface area contributed by atoms with E-state index >= 15 is 0 Å². The Labute approximate surface area is 135 Å². The van der Waals surface area contributed by atoms with E-state index in [0.29, 0.717) is 5.02 Å². The van der Waals surface area contributed by atoms with E-state index < -0.39 is 0 Å². The lowest BCUT2D eigenvalue weighted by molar-refractivity contribution is 0.880. The molecule has 0 aliphatic rings. The van der Waals surface area contributed by atoms with Gasteiger partial charge in [0.1, 0.15) is 5.82 Å². The maximum atomic E-state index is 6.36. The monoisotopic (exact) mass is 368 g/mol. The Morgan fingerprint density at radius 3 is 2.60 bits per heavy atom. The average molecular weight is 370 g/mol. The van der Waals surface area contributed by atoms with Crippen LogP contribution in [-0.2, 0) is 0 Å². The van der Waals surface area contributed by atoms with E-state index in [0.717, 1.165) is 27.0 Å². The molecule has 1 unspecified atom stereocenters. The molecule has 0 spiro atoms. The highest BCUT2D eigenvalue weighted by atomic mass is 79.9. The van der Waals surface area contributed by atoms with Crippen molar-refractivity contribution in [1.29, 1.82) is 0 Å². The molecule has 5 heteroatoms.